The van der Waals surface area contributed by atoms with Gasteiger partial charge in [-0.05, 0) is 23.8 Å². The van der Waals surface area contributed by atoms with Gasteiger partial charge in [0, 0.05) is 6.42 Å². The van der Waals surface area contributed by atoms with Crippen LogP contribution in [0.1, 0.15) is 12.8 Å². The van der Waals surface area contributed by atoms with Gasteiger partial charge < -0.3 is 13.9 Å². The molecule has 2 aromatic heterocycles. The number of aromatic nitrogens is 4. The van der Waals surface area contributed by atoms with Crippen LogP contribution in [0.15, 0.2) is 22.8 Å². The Kier molecular flexibility index (Phi) is 3.33. The summed E-state index contributed by atoms with van der Waals surface area (Å²) in [7, 11) is 0. The van der Waals surface area contributed by atoms with Gasteiger partial charge >= 0.3 is 0 Å². The summed E-state index contributed by atoms with van der Waals surface area (Å²) < 4.78 is 16.1. The molecule has 7 heteroatoms. The first kappa shape index (κ1) is 11.4. The van der Waals surface area contributed by atoms with Gasteiger partial charge in [0.05, 0.1) is 26.0 Å². The van der Waals surface area contributed by atoms with Gasteiger partial charge in [0.1, 0.15) is 0 Å². The van der Waals surface area contributed by atoms with Crippen molar-refractivity contribution in [2.45, 2.75) is 25.7 Å². The molecule has 0 N–H and O–H groups in total. The Morgan fingerprint density at radius 2 is 2.22 bits per heavy atom. The second kappa shape index (κ2) is 5.28. The summed E-state index contributed by atoms with van der Waals surface area (Å²) in [5.41, 5.74) is 0. The lowest BCUT2D eigenvalue weighted by atomic mass is 10.4. The SMILES string of the molecule is c1coc(-c2nnn(CCC3OCCCO3)n2)c1. The van der Waals surface area contributed by atoms with Crippen molar-refractivity contribution in [1.29, 1.82) is 0 Å². The minimum atomic E-state index is -0.156. The Morgan fingerprint density at radius 1 is 1.33 bits per heavy atom. The fraction of sp³-hybridized carbons (Fsp3) is 0.545. The van der Waals surface area contributed by atoms with E-state index >= 15 is 0 Å². The van der Waals surface area contributed by atoms with Gasteiger partial charge in [0.15, 0.2) is 12.1 Å². The van der Waals surface area contributed by atoms with Crippen molar-refractivity contribution in [2.24, 2.45) is 0 Å². The zero-order valence-electron chi connectivity index (χ0n) is 9.86. The molecule has 0 aromatic carbocycles. The lowest BCUT2D eigenvalue weighted by Gasteiger charge is -2.22. The van der Waals surface area contributed by atoms with Crippen LogP contribution in [0.25, 0.3) is 11.6 Å². The first-order valence-corrected chi connectivity index (χ1v) is 5.97. The molecule has 3 rings (SSSR count). The van der Waals surface area contributed by atoms with Gasteiger partial charge in [-0.1, -0.05) is 0 Å². The van der Waals surface area contributed by atoms with E-state index in [0.717, 1.165) is 19.6 Å². The maximum absolute atomic E-state index is 5.45. The normalized spacial score (nSPS) is 17.1. The van der Waals surface area contributed by atoms with E-state index in [2.05, 4.69) is 15.4 Å². The zero-order valence-corrected chi connectivity index (χ0v) is 9.86. The monoisotopic (exact) mass is 250 g/mol. The molecular formula is C11H14N4O3. The third-order valence-electron chi connectivity index (χ3n) is 2.66. The summed E-state index contributed by atoms with van der Waals surface area (Å²) in [4.78, 5) is 1.53. The number of nitrogens with zero attached hydrogens (tertiary/aromatic N) is 4. The maximum atomic E-state index is 5.45. The van der Waals surface area contributed by atoms with E-state index < -0.39 is 0 Å². The van der Waals surface area contributed by atoms with E-state index in [1.807, 2.05) is 0 Å². The van der Waals surface area contributed by atoms with Crippen LogP contribution in [0.4, 0.5) is 0 Å². The quantitative estimate of drug-likeness (QED) is 0.808. The summed E-state index contributed by atoms with van der Waals surface area (Å²) in [5, 5.41) is 12.1. The second-order valence-electron chi connectivity index (χ2n) is 4.00. The molecule has 0 unspecified atom stereocenters. The van der Waals surface area contributed by atoms with Crippen LogP contribution in [-0.4, -0.2) is 39.7 Å². The molecule has 18 heavy (non-hydrogen) atoms. The molecule has 1 aliphatic heterocycles. The summed E-state index contributed by atoms with van der Waals surface area (Å²) in [6, 6.07) is 3.59. The molecule has 0 amide bonds. The largest absolute Gasteiger partial charge is 0.461 e. The highest BCUT2D eigenvalue weighted by molar-refractivity contribution is 5.43. The molecule has 0 spiro atoms. The molecule has 0 saturated carbocycles. The smallest absolute Gasteiger partial charge is 0.240 e. The number of furan rings is 1. The number of hydrogen-bond donors (Lipinski definition) is 0. The van der Waals surface area contributed by atoms with Crippen molar-refractivity contribution in [3.63, 3.8) is 0 Å². The summed E-state index contributed by atoms with van der Waals surface area (Å²) in [5.74, 6) is 1.11. The van der Waals surface area contributed by atoms with E-state index in [9.17, 15) is 0 Å². The number of hydrogen-bond acceptors (Lipinski definition) is 6. The summed E-state index contributed by atoms with van der Waals surface area (Å²) >= 11 is 0. The number of rotatable bonds is 4. The molecule has 0 bridgehead atoms. The molecule has 2 aromatic rings. The highest BCUT2D eigenvalue weighted by atomic mass is 16.7. The van der Waals surface area contributed by atoms with E-state index in [0.29, 0.717) is 24.6 Å². The van der Waals surface area contributed by atoms with Gasteiger partial charge in [-0.25, -0.2) is 0 Å². The minimum Gasteiger partial charge on any atom is -0.461 e. The van der Waals surface area contributed by atoms with Crippen molar-refractivity contribution in [1.82, 2.24) is 20.2 Å². The van der Waals surface area contributed by atoms with E-state index in [1.165, 1.54) is 4.80 Å². The number of tetrazole rings is 1. The van der Waals surface area contributed by atoms with Crippen LogP contribution < -0.4 is 0 Å². The van der Waals surface area contributed by atoms with Gasteiger partial charge in [-0.15, -0.1) is 10.2 Å². The van der Waals surface area contributed by atoms with Crippen molar-refractivity contribution in [2.75, 3.05) is 13.2 Å². The lowest BCUT2D eigenvalue weighted by Crippen LogP contribution is -2.26. The minimum absolute atomic E-state index is 0.156. The topological polar surface area (TPSA) is 75.2 Å². The third kappa shape index (κ3) is 2.57. The van der Waals surface area contributed by atoms with Crippen LogP contribution in [0.5, 0.6) is 0 Å². The van der Waals surface area contributed by atoms with Gasteiger partial charge in [-0.3, -0.25) is 0 Å². The first-order chi connectivity index (χ1) is 8.92. The van der Waals surface area contributed by atoms with Crippen LogP contribution >= 0.6 is 0 Å². The molecular weight excluding hydrogens is 236 g/mol. The Hall–Kier alpha value is -1.73. The Labute approximate surface area is 104 Å². The van der Waals surface area contributed by atoms with Crippen LogP contribution in [0.3, 0.4) is 0 Å². The Bertz CT molecular complexity index is 476. The fourth-order valence-electron chi connectivity index (χ4n) is 1.77. The molecule has 96 valence electrons. The zero-order chi connectivity index (χ0) is 12.2. The summed E-state index contributed by atoms with van der Waals surface area (Å²) in [6.07, 6.45) is 3.10. The van der Waals surface area contributed by atoms with E-state index in [-0.39, 0.29) is 6.29 Å². The average molecular weight is 250 g/mol. The Morgan fingerprint density at radius 3 is 3.00 bits per heavy atom. The predicted octanol–water partition coefficient (Wildman–Crippen LogP) is 1.09. The molecule has 3 heterocycles. The van der Waals surface area contributed by atoms with E-state index in [1.54, 1.807) is 18.4 Å². The maximum Gasteiger partial charge on any atom is 0.240 e. The first-order valence-electron chi connectivity index (χ1n) is 5.97. The molecule has 1 fully saturated rings. The molecule has 0 aliphatic carbocycles. The molecule has 7 nitrogen and oxygen atoms in total. The number of aryl methyl sites for hydroxylation is 1. The summed E-state index contributed by atoms with van der Waals surface area (Å²) in [6.45, 7) is 2.12. The molecule has 1 aliphatic rings. The van der Waals surface area contributed by atoms with E-state index in [4.69, 9.17) is 13.9 Å². The lowest BCUT2D eigenvalue weighted by molar-refractivity contribution is -0.182. The van der Waals surface area contributed by atoms with Gasteiger partial charge in [-0.2, -0.15) is 4.80 Å². The molecule has 1 saturated heterocycles. The average Bonchev–Trinajstić information content (AvgIpc) is 3.08. The van der Waals surface area contributed by atoms with Crippen molar-refractivity contribution >= 4 is 0 Å². The Balaban J connectivity index is 1.57. The standard InChI is InChI=1S/C11H14N4O3/c1-3-9(16-6-1)11-12-14-15(13-11)5-4-10-17-7-2-8-18-10/h1,3,6,10H,2,4-5,7-8H2. The van der Waals surface area contributed by atoms with Crippen LogP contribution in [-0.2, 0) is 16.0 Å². The van der Waals surface area contributed by atoms with Crippen molar-refractivity contribution in [3.8, 4) is 11.6 Å². The van der Waals surface area contributed by atoms with Gasteiger partial charge in [0.25, 0.3) is 0 Å². The molecule has 0 radical (unpaired) electrons. The second-order valence-corrected chi connectivity index (χ2v) is 4.00. The van der Waals surface area contributed by atoms with Gasteiger partial charge in [0.2, 0.25) is 5.82 Å². The van der Waals surface area contributed by atoms with Crippen LogP contribution in [0.2, 0.25) is 0 Å². The predicted molar refractivity (Wildman–Crippen MR) is 60.4 cm³/mol. The fourth-order valence-corrected chi connectivity index (χ4v) is 1.77. The highest BCUT2D eigenvalue weighted by Gasteiger charge is 2.15. The van der Waals surface area contributed by atoms with Crippen molar-refractivity contribution in [3.05, 3.63) is 18.4 Å². The van der Waals surface area contributed by atoms with Crippen LogP contribution in [0, 0.1) is 0 Å². The van der Waals surface area contributed by atoms with Crippen molar-refractivity contribution < 1.29 is 13.9 Å². The third-order valence-corrected chi connectivity index (χ3v) is 2.66. The molecule has 0 atom stereocenters. The highest BCUT2D eigenvalue weighted by Crippen LogP contribution is 2.13. The number of ether oxygens (including phenoxy) is 2.